The smallest absolute Gasteiger partial charge is 0.177 e. The molecule has 1 aliphatic rings. The maximum Gasteiger partial charge on any atom is 0.177 e. The van der Waals surface area contributed by atoms with Gasteiger partial charge in [0.2, 0.25) is 0 Å². The molecule has 0 radical (unpaired) electrons. The van der Waals surface area contributed by atoms with Gasteiger partial charge in [-0.3, -0.25) is 4.21 Å². The largest absolute Gasteiger partial charge is 0.382 e. The highest BCUT2D eigenvalue weighted by Gasteiger charge is 2.44. The molecule has 3 aromatic rings. The van der Waals surface area contributed by atoms with Crippen molar-refractivity contribution in [2.45, 2.75) is 35.9 Å². The number of ether oxygens (including phenoxy) is 2. The lowest BCUT2D eigenvalue weighted by atomic mass is 9.90. The Morgan fingerprint density at radius 2 is 1.97 bits per heavy atom. The summed E-state index contributed by atoms with van der Waals surface area (Å²) in [5.74, 6) is -2.30. The van der Waals surface area contributed by atoms with Crippen LogP contribution in [0.25, 0.3) is 6.08 Å². The molecule has 1 unspecified atom stereocenters. The second kappa shape index (κ2) is 12.5. The highest BCUT2D eigenvalue weighted by Crippen LogP contribution is 2.34. The van der Waals surface area contributed by atoms with Crippen molar-refractivity contribution in [3.63, 3.8) is 0 Å². The van der Waals surface area contributed by atoms with E-state index in [1.807, 2.05) is 6.07 Å². The highest BCUT2D eigenvalue weighted by molar-refractivity contribution is 7.86. The normalized spacial score (nSPS) is 21.0. The SMILES string of the molecule is C[C@@H](S(=O)C1COC(/C=C/C=C/c2ccc(C#N)cc2F)OC1)[C@](O)(Cn1cncn1)c1ccc(F)cc1F. The average Bonchev–Trinajstić information content (AvgIpc) is 3.44. The maximum atomic E-state index is 14.8. The lowest BCUT2D eigenvalue weighted by Gasteiger charge is -2.37. The lowest BCUT2D eigenvalue weighted by molar-refractivity contribution is -0.147. The molecular weight excluding hydrogens is 533 g/mol. The van der Waals surface area contributed by atoms with Crippen molar-refractivity contribution in [2.24, 2.45) is 0 Å². The fourth-order valence-electron chi connectivity index (χ4n) is 4.11. The quantitative estimate of drug-likeness (QED) is 0.400. The van der Waals surface area contributed by atoms with E-state index in [-0.39, 0.29) is 30.9 Å². The van der Waals surface area contributed by atoms with Crippen LogP contribution in [0.15, 0.2) is 67.3 Å². The molecule has 2 heterocycles. The summed E-state index contributed by atoms with van der Waals surface area (Å²) in [5.41, 5.74) is -1.70. The number of benzene rings is 2. The van der Waals surface area contributed by atoms with Crippen LogP contribution in [0, 0.1) is 28.8 Å². The van der Waals surface area contributed by atoms with Crippen molar-refractivity contribution in [2.75, 3.05) is 13.2 Å². The maximum absolute atomic E-state index is 14.8. The third-order valence-corrected chi connectivity index (χ3v) is 8.31. The molecule has 39 heavy (non-hydrogen) atoms. The van der Waals surface area contributed by atoms with Crippen LogP contribution < -0.4 is 0 Å². The van der Waals surface area contributed by atoms with Crippen molar-refractivity contribution in [1.82, 2.24) is 14.8 Å². The summed E-state index contributed by atoms with van der Waals surface area (Å²) in [5, 5.41) is 22.8. The summed E-state index contributed by atoms with van der Waals surface area (Å²) in [6.07, 6.45) is 8.15. The van der Waals surface area contributed by atoms with Gasteiger partial charge in [0, 0.05) is 28.0 Å². The standard InChI is InChI=1S/C27H25F3N4O4S/c1-18(27(35,15-34-17-32-16-33-34)23-9-8-21(28)11-25(23)30)39(36)22-13-37-26(38-14-22)5-3-2-4-20-7-6-19(12-31)10-24(20)29/h2-11,16-18,22,26,35H,13-15H2,1H3/b4-2+,5-3+/t18-,22?,26?,27-,39?/m1/s1. The zero-order valence-corrected chi connectivity index (χ0v) is 21.6. The molecule has 12 heteroatoms. The third-order valence-electron chi connectivity index (χ3n) is 6.29. The van der Waals surface area contributed by atoms with E-state index in [9.17, 15) is 22.5 Å². The zero-order valence-electron chi connectivity index (χ0n) is 20.8. The fourth-order valence-corrected chi connectivity index (χ4v) is 5.70. The minimum absolute atomic E-state index is 0.0330. The topological polar surface area (TPSA) is 110 Å². The Balaban J connectivity index is 1.40. The van der Waals surface area contributed by atoms with E-state index in [0.717, 1.165) is 18.2 Å². The Bertz CT molecular complexity index is 1420. The number of halogens is 3. The van der Waals surface area contributed by atoms with Crippen molar-refractivity contribution in [3.05, 3.63) is 101 Å². The van der Waals surface area contributed by atoms with Crippen LogP contribution in [0.4, 0.5) is 13.2 Å². The summed E-state index contributed by atoms with van der Waals surface area (Å²) < 4.78 is 68.4. The van der Waals surface area contributed by atoms with Gasteiger partial charge >= 0.3 is 0 Å². The lowest BCUT2D eigenvalue weighted by Crippen LogP contribution is -2.49. The number of allylic oxidation sites excluding steroid dienone is 2. The van der Waals surface area contributed by atoms with E-state index < -0.39 is 50.6 Å². The van der Waals surface area contributed by atoms with Crippen molar-refractivity contribution in [1.29, 1.82) is 5.26 Å². The number of nitrogens with zero attached hydrogens (tertiary/aromatic N) is 4. The number of nitriles is 1. The molecule has 1 aliphatic heterocycles. The van der Waals surface area contributed by atoms with Gasteiger partial charge in [0.25, 0.3) is 0 Å². The molecule has 1 saturated heterocycles. The highest BCUT2D eigenvalue weighted by atomic mass is 32.2. The first-order valence-corrected chi connectivity index (χ1v) is 13.2. The van der Waals surface area contributed by atoms with E-state index in [1.54, 1.807) is 18.2 Å². The van der Waals surface area contributed by atoms with Gasteiger partial charge in [-0.15, -0.1) is 0 Å². The molecule has 3 atom stereocenters. The molecule has 4 rings (SSSR count). The van der Waals surface area contributed by atoms with E-state index in [4.69, 9.17) is 14.7 Å². The van der Waals surface area contributed by atoms with Crippen molar-refractivity contribution in [3.8, 4) is 6.07 Å². The second-order valence-electron chi connectivity index (χ2n) is 8.86. The van der Waals surface area contributed by atoms with E-state index in [2.05, 4.69) is 10.1 Å². The Kier molecular flexibility index (Phi) is 9.08. The first kappa shape index (κ1) is 28.4. The molecule has 0 bridgehead atoms. The molecule has 204 valence electrons. The third kappa shape index (κ3) is 6.69. The number of rotatable bonds is 9. The first-order chi connectivity index (χ1) is 18.7. The summed E-state index contributed by atoms with van der Waals surface area (Å²) >= 11 is 0. The van der Waals surface area contributed by atoms with Crippen LogP contribution in [0.1, 0.15) is 23.6 Å². The van der Waals surface area contributed by atoms with Crippen LogP contribution in [0.3, 0.4) is 0 Å². The van der Waals surface area contributed by atoms with Gasteiger partial charge in [0.15, 0.2) is 6.29 Å². The van der Waals surface area contributed by atoms with Gasteiger partial charge in [-0.1, -0.05) is 30.4 Å². The summed E-state index contributed by atoms with van der Waals surface area (Å²) in [6.45, 7) is 1.31. The minimum Gasteiger partial charge on any atom is -0.382 e. The van der Waals surface area contributed by atoms with E-state index >= 15 is 0 Å². The first-order valence-electron chi connectivity index (χ1n) is 11.9. The number of aliphatic hydroxyl groups is 1. The van der Waals surface area contributed by atoms with Gasteiger partial charge in [-0.25, -0.2) is 22.8 Å². The molecule has 1 N–H and O–H groups in total. The summed E-state index contributed by atoms with van der Waals surface area (Å²) in [7, 11) is -1.77. The monoisotopic (exact) mass is 558 g/mol. The number of hydrogen-bond acceptors (Lipinski definition) is 7. The number of aromatic nitrogens is 3. The van der Waals surface area contributed by atoms with Crippen LogP contribution in [-0.4, -0.2) is 54.1 Å². The molecule has 0 amide bonds. The van der Waals surface area contributed by atoms with Gasteiger partial charge in [0.1, 0.15) is 35.7 Å². The van der Waals surface area contributed by atoms with Gasteiger partial charge in [-0.2, -0.15) is 10.4 Å². The van der Waals surface area contributed by atoms with Gasteiger partial charge in [0.05, 0.1) is 41.9 Å². The summed E-state index contributed by atoms with van der Waals surface area (Å²) in [6, 6.07) is 8.83. The van der Waals surface area contributed by atoms with Gasteiger partial charge < -0.3 is 14.6 Å². The fraction of sp³-hybridized carbons (Fsp3) is 0.296. The molecule has 1 fully saturated rings. The Morgan fingerprint density at radius 3 is 2.62 bits per heavy atom. The number of hydrogen-bond donors (Lipinski definition) is 1. The van der Waals surface area contributed by atoms with Crippen LogP contribution in [0.5, 0.6) is 0 Å². The van der Waals surface area contributed by atoms with Crippen LogP contribution in [0.2, 0.25) is 0 Å². The second-order valence-corrected chi connectivity index (χ2v) is 10.9. The Morgan fingerprint density at radius 1 is 1.21 bits per heavy atom. The zero-order chi connectivity index (χ0) is 28.0. The van der Waals surface area contributed by atoms with Crippen molar-refractivity contribution < 1.29 is 32.0 Å². The molecule has 0 aliphatic carbocycles. The molecule has 0 spiro atoms. The Labute approximate surface area is 225 Å². The molecule has 0 saturated carbocycles. The molecule has 1 aromatic heterocycles. The predicted molar refractivity (Wildman–Crippen MR) is 137 cm³/mol. The van der Waals surface area contributed by atoms with Crippen LogP contribution >= 0.6 is 0 Å². The average molecular weight is 559 g/mol. The van der Waals surface area contributed by atoms with Gasteiger partial charge in [-0.05, 0) is 31.2 Å². The molecule has 2 aromatic carbocycles. The predicted octanol–water partition coefficient (Wildman–Crippen LogP) is 3.60. The Hall–Kier alpha value is -3.63. The van der Waals surface area contributed by atoms with E-state index in [0.29, 0.717) is 11.6 Å². The van der Waals surface area contributed by atoms with Crippen molar-refractivity contribution >= 4 is 16.9 Å². The molecular formula is C27H25F3N4O4S. The van der Waals surface area contributed by atoms with E-state index in [1.165, 1.54) is 42.5 Å². The van der Waals surface area contributed by atoms with Crippen LogP contribution in [-0.2, 0) is 32.4 Å². The minimum atomic E-state index is -2.02. The summed E-state index contributed by atoms with van der Waals surface area (Å²) in [4.78, 5) is 3.83. The molecule has 8 nitrogen and oxygen atoms in total.